The number of nitrogens with zero attached hydrogens (tertiary/aromatic N) is 2. The van der Waals surface area contributed by atoms with Crippen LogP contribution in [0.15, 0.2) is 18.9 Å². The number of aromatic nitrogens is 2. The van der Waals surface area contributed by atoms with Gasteiger partial charge in [0, 0.05) is 11.1 Å². The third-order valence-electron chi connectivity index (χ3n) is 1.66. The topological polar surface area (TPSA) is 25.8 Å². The molecule has 0 spiro atoms. The third-order valence-corrected chi connectivity index (χ3v) is 1.66. The lowest BCUT2D eigenvalue weighted by Gasteiger charge is -2.01. The quantitative estimate of drug-likeness (QED) is 0.664. The van der Waals surface area contributed by atoms with Crippen molar-refractivity contribution < 1.29 is 0 Å². The molecule has 0 aliphatic carbocycles. The molecular weight excluding hydrogens is 148 g/mol. The Morgan fingerprint density at radius 1 is 1.50 bits per heavy atom. The molecule has 1 heterocycles. The molecule has 0 unspecified atom stereocenters. The fraction of sp³-hybridized carbons (Fsp3) is 0.200. The fourth-order valence-electron chi connectivity index (χ4n) is 1.09. The van der Waals surface area contributed by atoms with Crippen LogP contribution in [0.5, 0.6) is 0 Å². The monoisotopic (exact) mass is 160 g/mol. The van der Waals surface area contributed by atoms with Gasteiger partial charge in [0.25, 0.3) is 0 Å². The van der Waals surface area contributed by atoms with Gasteiger partial charge in [0.1, 0.15) is 0 Å². The van der Waals surface area contributed by atoms with Crippen molar-refractivity contribution in [1.82, 2.24) is 10.2 Å². The zero-order valence-electron chi connectivity index (χ0n) is 7.41. The molecule has 0 saturated carbocycles. The molecule has 62 valence electrons. The van der Waals surface area contributed by atoms with Gasteiger partial charge in [-0.15, -0.1) is 0 Å². The van der Waals surface area contributed by atoms with Gasteiger partial charge in [-0.05, 0) is 13.8 Å². The maximum Gasteiger partial charge on any atom is 0.0678 e. The largest absolute Gasteiger partial charge is 0.158 e. The lowest BCUT2D eigenvalue weighted by molar-refractivity contribution is 0.971. The Labute approximate surface area is 72.6 Å². The molecule has 1 aromatic heterocycles. The highest BCUT2D eigenvalue weighted by Gasteiger charge is 1.99. The maximum absolute atomic E-state index is 3.94. The van der Waals surface area contributed by atoms with Crippen molar-refractivity contribution in [2.75, 3.05) is 0 Å². The second-order valence-electron chi connectivity index (χ2n) is 2.50. The van der Waals surface area contributed by atoms with E-state index in [1.165, 1.54) is 0 Å². The van der Waals surface area contributed by atoms with Crippen LogP contribution in [-0.4, -0.2) is 10.2 Å². The molecule has 0 saturated heterocycles. The predicted molar refractivity (Wildman–Crippen MR) is 51.6 cm³/mol. The Hall–Kier alpha value is -1.44. The first-order chi connectivity index (χ1) is 5.79. The summed E-state index contributed by atoms with van der Waals surface area (Å²) in [5, 5.41) is 7.80. The molecule has 12 heavy (non-hydrogen) atoms. The molecule has 2 heteroatoms. The molecule has 1 aromatic rings. The van der Waals surface area contributed by atoms with Gasteiger partial charge in [-0.2, -0.15) is 10.2 Å². The van der Waals surface area contributed by atoms with E-state index in [-0.39, 0.29) is 0 Å². The summed E-state index contributed by atoms with van der Waals surface area (Å²) in [6.45, 7) is 7.64. The minimum Gasteiger partial charge on any atom is -0.158 e. The molecule has 0 aliphatic heterocycles. The van der Waals surface area contributed by atoms with Crippen molar-refractivity contribution >= 4 is 12.2 Å². The molecule has 0 atom stereocenters. The van der Waals surface area contributed by atoms with Crippen LogP contribution in [0.25, 0.3) is 12.2 Å². The minimum atomic E-state index is 0.917. The number of hydrogen-bond acceptors (Lipinski definition) is 2. The van der Waals surface area contributed by atoms with Crippen molar-refractivity contribution in [3.8, 4) is 0 Å². The van der Waals surface area contributed by atoms with E-state index in [1.54, 1.807) is 12.3 Å². The van der Waals surface area contributed by atoms with Crippen LogP contribution in [0.4, 0.5) is 0 Å². The van der Waals surface area contributed by atoms with Crippen molar-refractivity contribution in [3.05, 3.63) is 35.7 Å². The summed E-state index contributed by atoms with van der Waals surface area (Å²) in [4.78, 5) is 0. The fourth-order valence-corrected chi connectivity index (χ4v) is 1.09. The van der Waals surface area contributed by atoms with E-state index in [0.29, 0.717) is 0 Å². The van der Waals surface area contributed by atoms with Gasteiger partial charge in [-0.25, -0.2) is 0 Å². The highest BCUT2D eigenvalue weighted by molar-refractivity contribution is 5.64. The molecule has 0 aromatic carbocycles. The van der Waals surface area contributed by atoms with Gasteiger partial charge in [-0.3, -0.25) is 0 Å². The van der Waals surface area contributed by atoms with E-state index in [0.717, 1.165) is 16.8 Å². The Morgan fingerprint density at radius 3 is 2.83 bits per heavy atom. The standard InChI is InChI=1S/C10H12N2/c1-4-6-9-7-11-12-8(3)10(9)5-2/h4-7H,2H2,1,3H3/b6-4-. The first-order valence-corrected chi connectivity index (χ1v) is 3.87. The third kappa shape index (κ3) is 1.59. The summed E-state index contributed by atoms with van der Waals surface area (Å²) in [5.74, 6) is 0. The van der Waals surface area contributed by atoms with Crippen molar-refractivity contribution in [2.24, 2.45) is 0 Å². The van der Waals surface area contributed by atoms with E-state index >= 15 is 0 Å². The van der Waals surface area contributed by atoms with Crippen molar-refractivity contribution in [1.29, 1.82) is 0 Å². The van der Waals surface area contributed by atoms with E-state index in [9.17, 15) is 0 Å². The zero-order chi connectivity index (χ0) is 8.97. The Kier molecular flexibility index (Phi) is 2.75. The average Bonchev–Trinajstić information content (AvgIpc) is 2.05. The van der Waals surface area contributed by atoms with Crippen LogP contribution in [-0.2, 0) is 0 Å². The summed E-state index contributed by atoms with van der Waals surface area (Å²) < 4.78 is 0. The minimum absolute atomic E-state index is 0.917. The van der Waals surface area contributed by atoms with Crippen LogP contribution in [0.1, 0.15) is 23.7 Å². The van der Waals surface area contributed by atoms with Crippen molar-refractivity contribution in [2.45, 2.75) is 13.8 Å². The molecule has 0 N–H and O–H groups in total. The average molecular weight is 160 g/mol. The van der Waals surface area contributed by atoms with E-state index < -0.39 is 0 Å². The number of rotatable bonds is 2. The lowest BCUT2D eigenvalue weighted by Crippen LogP contribution is -1.92. The molecule has 1 rings (SSSR count). The van der Waals surface area contributed by atoms with Gasteiger partial charge < -0.3 is 0 Å². The SMILES string of the molecule is C=Cc1c(/C=C\C)cnnc1C. The highest BCUT2D eigenvalue weighted by Crippen LogP contribution is 2.12. The van der Waals surface area contributed by atoms with Gasteiger partial charge in [0.2, 0.25) is 0 Å². The molecule has 0 aliphatic rings. The zero-order valence-corrected chi connectivity index (χ0v) is 7.41. The number of allylic oxidation sites excluding steroid dienone is 1. The van der Waals surface area contributed by atoms with Crippen LogP contribution in [0.3, 0.4) is 0 Å². The van der Waals surface area contributed by atoms with E-state index in [1.807, 2.05) is 26.0 Å². The number of aryl methyl sites for hydroxylation is 1. The predicted octanol–water partition coefficient (Wildman–Crippen LogP) is 2.46. The van der Waals surface area contributed by atoms with Crippen LogP contribution >= 0.6 is 0 Å². The second-order valence-corrected chi connectivity index (χ2v) is 2.50. The van der Waals surface area contributed by atoms with E-state index in [2.05, 4.69) is 16.8 Å². The summed E-state index contributed by atoms with van der Waals surface area (Å²) in [6.07, 6.45) is 7.52. The molecule has 0 radical (unpaired) electrons. The van der Waals surface area contributed by atoms with Crippen molar-refractivity contribution in [3.63, 3.8) is 0 Å². The first kappa shape index (κ1) is 8.65. The molecule has 0 amide bonds. The van der Waals surface area contributed by atoms with Crippen LogP contribution in [0.2, 0.25) is 0 Å². The van der Waals surface area contributed by atoms with Crippen LogP contribution in [0, 0.1) is 6.92 Å². The molecular formula is C10H12N2. The van der Waals surface area contributed by atoms with E-state index in [4.69, 9.17) is 0 Å². The first-order valence-electron chi connectivity index (χ1n) is 3.87. The number of hydrogen-bond donors (Lipinski definition) is 0. The van der Waals surface area contributed by atoms with Gasteiger partial charge in [0.15, 0.2) is 0 Å². The summed E-state index contributed by atoms with van der Waals surface area (Å²) >= 11 is 0. The Bertz CT molecular complexity index is 314. The maximum atomic E-state index is 3.94. The summed E-state index contributed by atoms with van der Waals surface area (Å²) in [5.41, 5.74) is 3.05. The molecule has 0 fully saturated rings. The Morgan fingerprint density at radius 2 is 2.25 bits per heavy atom. The van der Waals surface area contributed by atoms with Gasteiger partial charge in [-0.1, -0.05) is 24.8 Å². The van der Waals surface area contributed by atoms with Crippen LogP contribution < -0.4 is 0 Å². The smallest absolute Gasteiger partial charge is 0.0678 e. The summed E-state index contributed by atoms with van der Waals surface area (Å²) in [7, 11) is 0. The van der Waals surface area contributed by atoms with Gasteiger partial charge in [0.05, 0.1) is 11.9 Å². The lowest BCUT2D eigenvalue weighted by atomic mass is 10.1. The summed E-state index contributed by atoms with van der Waals surface area (Å²) in [6, 6.07) is 0. The molecule has 0 bridgehead atoms. The molecule has 2 nitrogen and oxygen atoms in total. The normalized spacial score (nSPS) is 10.5. The second kappa shape index (κ2) is 3.81. The Balaban J connectivity index is 3.27. The van der Waals surface area contributed by atoms with Gasteiger partial charge >= 0.3 is 0 Å². The highest BCUT2D eigenvalue weighted by atomic mass is 15.1.